The topological polar surface area (TPSA) is 83.4 Å². The highest BCUT2D eigenvalue weighted by Crippen LogP contribution is 2.34. The van der Waals surface area contributed by atoms with Gasteiger partial charge < -0.3 is 20.1 Å². The summed E-state index contributed by atoms with van der Waals surface area (Å²) in [7, 11) is 0. The summed E-state index contributed by atoms with van der Waals surface area (Å²) in [6, 6.07) is 12.1. The van der Waals surface area contributed by atoms with Gasteiger partial charge in [0.1, 0.15) is 6.04 Å². The number of fused-ring (bicyclic) bond motifs is 4. The van der Waals surface area contributed by atoms with E-state index in [1.807, 2.05) is 55.7 Å². The first-order valence-corrected chi connectivity index (χ1v) is 10.9. The highest BCUT2D eigenvalue weighted by atomic mass is 16.2. The molecule has 7 heteroatoms. The lowest BCUT2D eigenvalue weighted by molar-refractivity contribution is -0.118. The number of amides is 3. The lowest BCUT2D eigenvalue weighted by Crippen LogP contribution is -2.56. The number of piperidine rings is 1. The van der Waals surface area contributed by atoms with E-state index >= 15 is 0 Å². The van der Waals surface area contributed by atoms with E-state index in [4.69, 9.17) is 0 Å². The first-order valence-electron chi connectivity index (χ1n) is 10.9. The second-order valence-electron chi connectivity index (χ2n) is 9.13. The minimum atomic E-state index is -0.635. The molecule has 2 aliphatic rings. The van der Waals surface area contributed by atoms with Crippen molar-refractivity contribution in [1.29, 1.82) is 0 Å². The molecule has 0 spiro atoms. The highest BCUT2D eigenvalue weighted by molar-refractivity contribution is 5.97. The maximum Gasteiger partial charge on any atom is 0.318 e. The zero-order valence-corrected chi connectivity index (χ0v) is 18.3. The Morgan fingerprint density at radius 3 is 2.58 bits per heavy atom. The van der Waals surface area contributed by atoms with Crippen LogP contribution in [0, 0.1) is 18.8 Å². The van der Waals surface area contributed by atoms with Crippen LogP contribution < -0.4 is 16.2 Å². The van der Waals surface area contributed by atoms with Gasteiger partial charge in [0.15, 0.2) is 0 Å². The zero-order chi connectivity index (χ0) is 22.1. The predicted octanol–water partition coefficient (Wildman–Crippen LogP) is 2.95. The standard InChI is InChI=1S/C24H30N4O3/c1-15(2)22(23(30)25-19-7-4-6-16(3)10-19)26-24(31)27-12-17-11-18(14-27)20-8-5-9-21(29)28(20)13-17/h4-10,15,17-18,22H,11-14H2,1-3H3,(H,25,30)(H,26,31)/t17?,18?,22-/m0/s1. The van der Waals surface area contributed by atoms with Crippen LogP contribution in [0.1, 0.15) is 37.4 Å². The van der Waals surface area contributed by atoms with Gasteiger partial charge in [0, 0.05) is 43.0 Å². The number of carbonyl (C=O) groups is 2. The van der Waals surface area contributed by atoms with Gasteiger partial charge in [-0.25, -0.2) is 4.79 Å². The van der Waals surface area contributed by atoms with Crippen molar-refractivity contribution in [3.63, 3.8) is 0 Å². The minimum absolute atomic E-state index is 0.0257. The SMILES string of the molecule is Cc1cccc(NC(=O)[C@@H](NC(=O)N2CC3CC(C2)c2cccc(=O)n2C3)C(C)C)c1. The lowest BCUT2D eigenvalue weighted by Gasteiger charge is -2.43. The van der Waals surface area contributed by atoms with Crippen molar-refractivity contribution in [2.75, 3.05) is 18.4 Å². The van der Waals surface area contributed by atoms with Crippen molar-refractivity contribution in [3.05, 3.63) is 64.1 Å². The molecule has 2 N–H and O–H groups in total. The predicted molar refractivity (Wildman–Crippen MR) is 120 cm³/mol. The number of anilines is 1. The number of aromatic nitrogens is 1. The molecule has 1 saturated heterocycles. The smallest absolute Gasteiger partial charge is 0.318 e. The van der Waals surface area contributed by atoms with Gasteiger partial charge in [0.05, 0.1) is 0 Å². The number of nitrogens with one attached hydrogen (secondary N) is 2. The summed E-state index contributed by atoms with van der Waals surface area (Å²) < 4.78 is 1.85. The first kappa shape index (κ1) is 21.2. The average Bonchev–Trinajstić information content (AvgIpc) is 2.72. The quantitative estimate of drug-likeness (QED) is 0.795. The molecule has 0 aliphatic carbocycles. The number of rotatable bonds is 4. The first-order chi connectivity index (χ1) is 14.8. The number of urea groups is 1. The van der Waals surface area contributed by atoms with E-state index in [-0.39, 0.29) is 35.3 Å². The fourth-order valence-electron chi connectivity index (χ4n) is 4.76. The summed E-state index contributed by atoms with van der Waals surface area (Å²) >= 11 is 0. The van der Waals surface area contributed by atoms with Gasteiger partial charge in [-0.15, -0.1) is 0 Å². The number of carbonyl (C=O) groups excluding carboxylic acids is 2. The Balaban J connectivity index is 1.45. The number of hydrogen-bond donors (Lipinski definition) is 2. The van der Waals surface area contributed by atoms with Crippen molar-refractivity contribution < 1.29 is 9.59 Å². The van der Waals surface area contributed by atoms with Crippen LogP contribution in [0.15, 0.2) is 47.3 Å². The van der Waals surface area contributed by atoms with Crippen molar-refractivity contribution in [2.24, 2.45) is 11.8 Å². The molecule has 0 radical (unpaired) electrons. The fourth-order valence-corrected chi connectivity index (χ4v) is 4.76. The van der Waals surface area contributed by atoms with Gasteiger partial charge in [0.2, 0.25) is 5.91 Å². The average molecular weight is 423 g/mol. The molecular weight excluding hydrogens is 392 g/mol. The van der Waals surface area contributed by atoms with E-state index in [9.17, 15) is 14.4 Å². The molecule has 31 heavy (non-hydrogen) atoms. The Labute approximate surface area is 182 Å². The van der Waals surface area contributed by atoms with E-state index in [2.05, 4.69) is 10.6 Å². The van der Waals surface area contributed by atoms with Crippen molar-refractivity contribution in [3.8, 4) is 0 Å². The molecule has 3 amide bonds. The van der Waals surface area contributed by atoms with E-state index in [0.717, 1.165) is 23.4 Å². The fraction of sp³-hybridized carbons (Fsp3) is 0.458. The van der Waals surface area contributed by atoms with Crippen LogP contribution in [0.3, 0.4) is 0 Å². The van der Waals surface area contributed by atoms with E-state index < -0.39 is 6.04 Å². The summed E-state index contributed by atoms with van der Waals surface area (Å²) in [5.41, 5.74) is 2.80. The Morgan fingerprint density at radius 1 is 1.06 bits per heavy atom. The third kappa shape index (κ3) is 4.50. The summed E-state index contributed by atoms with van der Waals surface area (Å²) in [5, 5.41) is 5.87. The Bertz CT molecular complexity index is 1050. The molecule has 2 aromatic rings. The molecular formula is C24H30N4O3. The molecule has 2 aliphatic heterocycles. The molecule has 4 rings (SSSR count). The maximum absolute atomic E-state index is 13.1. The molecule has 1 aromatic heterocycles. The summed E-state index contributed by atoms with van der Waals surface area (Å²) in [6.07, 6.45) is 0.981. The number of benzene rings is 1. The van der Waals surface area contributed by atoms with Gasteiger partial charge in [-0.05, 0) is 48.9 Å². The van der Waals surface area contributed by atoms with Gasteiger partial charge in [0.25, 0.3) is 5.56 Å². The van der Waals surface area contributed by atoms with Crippen LogP contribution in [-0.2, 0) is 11.3 Å². The molecule has 2 bridgehead atoms. The molecule has 3 heterocycles. The second-order valence-corrected chi connectivity index (χ2v) is 9.13. The van der Waals surface area contributed by atoms with Gasteiger partial charge >= 0.3 is 6.03 Å². The molecule has 7 nitrogen and oxygen atoms in total. The number of nitrogens with zero attached hydrogens (tertiary/aromatic N) is 2. The van der Waals surface area contributed by atoms with Gasteiger partial charge in [-0.1, -0.05) is 32.0 Å². The number of likely N-dealkylation sites (tertiary alicyclic amines) is 1. The molecule has 1 aromatic carbocycles. The summed E-state index contributed by atoms with van der Waals surface area (Å²) in [6.45, 7) is 7.60. The van der Waals surface area contributed by atoms with Gasteiger partial charge in [-0.2, -0.15) is 0 Å². The molecule has 0 saturated carbocycles. The van der Waals surface area contributed by atoms with Crippen molar-refractivity contribution in [1.82, 2.24) is 14.8 Å². The minimum Gasteiger partial charge on any atom is -0.326 e. The number of pyridine rings is 1. The Hall–Kier alpha value is -3.09. The van der Waals surface area contributed by atoms with E-state index in [0.29, 0.717) is 19.6 Å². The second kappa shape index (κ2) is 8.57. The van der Waals surface area contributed by atoms with E-state index in [1.54, 1.807) is 17.0 Å². The lowest BCUT2D eigenvalue weighted by atomic mass is 9.83. The maximum atomic E-state index is 13.1. The Kier molecular flexibility index (Phi) is 5.85. The Morgan fingerprint density at radius 2 is 1.84 bits per heavy atom. The summed E-state index contributed by atoms with van der Waals surface area (Å²) in [4.78, 5) is 40.0. The molecule has 1 fully saturated rings. The molecule has 3 atom stereocenters. The van der Waals surface area contributed by atoms with Crippen molar-refractivity contribution >= 4 is 17.6 Å². The van der Waals surface area contributed by atoms with Crippen LogP contribution in [0.4, 0.5) is 10.5 Å². The third-order valence-corrected chi connectivity index (χ3v) is 6.28. The van der Waals surface area contributed by atoms with E-state index in [1.165, 1.54) is 0 Å². The van der Waals surface area contributed by atoms with Crippen LogP contribution >= 0.6 is 0 Å². The number of hydrogen-bond acceptors (Lipinski definition) is 3. The van der Waals surface area contributed by atoms with Gasteiger partial charge in [-0.3, -0.25) is 9.59 Å². The zero-order valence-electron chi connectivity index (χ0n) is 18.3. The van der Waals surface area contributed by atoms with Crippen LogP contribution in [-0.4, -0.2) is 40.5 Å². The normalized spacial score (nSPS) is 20.7. The third-order valence-electron chi connectivity index (χ3n) is 6.28. The van der Waals surface area contributed by atoms with Crippen molar-refractivity contribution in [2.45, 2.75) is 45.7 Å². The highest BCUT2D eigenvalue weighted by Gasteiger charge is 2.37. The van der Waals surface area contributed by atoms with Crippen LogP contribution in [0.25, 0.3) is 0 Å². The number of aryl methyl sites for hydroxylation is 1. The molecule has 164 valence electrons. The molecule has 2 unspecified atom stereocenters. The largest absolute Gasteiger partial charge is 0.326 e. The summed E-state index contributed by atoms with van der Waals surface area (Å²) in [5.74, 6) is 0.113. The van der Waals surface area contributed by atoms with Crippen LogP contribution in [0.5, 0.6) is 0 Å². The monoisotopic (exact) mass is 422 g/mol. The van der Waals surface area contributed by atoms with Crippen LogP contribution in [0.2, 0.25) is 0 Å².